The predicted molar refractivity (Wildman–Crippen MR) is 72.8 cm³/mol. The predicted octanol–water partition coefficient (Wildman–Crippen LogP) is 1.84. The normalized spacial score (nSPS) is 17.8. The van der Waals surface area contributed by atoms with Crippen molar-refractivity contribution in [1.82, 2.24) is 5.32 Å². The van der Waals surface area contributed by atoms with E-state index < -0.39 is 5.54 Å². The molecule has 1 unspecified atom stereocenters. The van der Waals surface area contributed by atoms with Gasteiger partial charge in [-0.1, -0.05) is 30.3 Å². The van der Waals surface area contributed by atoms with Crippen LogP contribution in [0.4, 0.5) is 0 Å². The van der Waals surface area contributed by atoms with Crippen LogP contribution in [0.5, 0.6) is 0 Å². The van der Waals surface area contributed by atoms with Gasteiger partial charge in [-0.05, 0) is 25.3 Å². The van der Waals surface area contributed by atoms with Crippen molar-refractivity contribution in [1.29, 1.82) is 0 Å². The molecule has 1 aliphatic carbocycles. The fourth-order valence-corrected chi connectivity index (χ4v) is 2.17. The lowest BCUT2D eigenvalue weighted by Crippen LogP contribution is -2.54. The molecule has 4 heteroatoms. The largest absolute Gasteiger partial charge is 0.467 e. The smallest absolute Gasteiger partial charge is 0.333 e. The van der Waals surface area contributed by atoms with Gasteiger partial charge in [0.15, 0.2) is 5.54 Å². The molecule has 1 aromatic carbocycles. The Labute approximate surface area is 114 Å². The highest BCUT2D eigenvalue weighted by Gasteiger charge is 2.45. The topological polar surface area (TPSA) is 47.6 Å². The zero-order chi connectivity index (χ0) is 13.7. The molecule has 0 heterocycles. The van der Waals surface area contributed by atoms with Crippen molar-refractivity contribution in [3.63, 3.8) is 0 Å². The van der Waals surface area contributed by atoms with Crippen LogP contribution in [0, 0.1) is 0 Å². The minimum absolute atomic E-state index is 0.288. The minimum atomic E-state index is -0.896. The number of carbonyl (C=O) groups excluding carboxylic acids is 1. The van der Waals surface area contributed by atoms with E-state index in [1.165, 1.54) is 7.11 Å². The van der Waals surface area contributed by atoms with Gasteiger partial charge in [0.25, 0.3) is 0 Å². The minimum Gasteiger partial charge on any atom is -0.467 e. The summed E-state index contributed by atoms with van der Waals surface area (Å²) in [6, 6.07) is 10.0. The van der Waals surface area contributed by atoms with Crippen molar-refractivity contribution < 1.29 is 14.3 Å². The standard InChI is InChI=1S/C15H21NO3/c1-3-19-11-15(14(17)18-2,16-13-9-10-13)12-7-5-4-6-8-12/h4-8,13,16H,3,9-11H2,1-2H3. The molecule has 0 aromatic heterocycles. The molecule has 1 fully saturated rings. The summed E-state index contributed by atoms with van der Waals surface area (Å²) in [5.41, 5.74) is -0.00472. The number of nitrogens with one attached hydrogen (secondary N) is 1. The number of benzene rings is 1. The van der Waals surface area contributed by atoms with Gasteiger partial charge in [0.2, 0.25) is 0 Å². The lowest BCUT2D eigenvalue weighted by Gasteiger charge is -2.32. The number of methoxy groups -OCH3 is 1. The summed E-state index contributed by atoms with van der Waals surface area (Å²) in [4.78, 5) is 12.3. The number of ether oxygens (including phenoxy) is 2. The van der Waals surface area contributed by atoms with Crippen molar-refractivity contribution in [3.05, 3.63) is 35.9 Å². The van der Waals surface area contributed by atoms with Crippen LogP contribution < -0.4 is 5.32 Å². The molecular weight excluding hydrogens is 242 g/mol. The lowest BCUT2D eigenvalue weighted by atomic mass is 9.90. The average molecular weight is 263 g/mol. The maximum absolute atomic E-state index is 12.3. The Balaban J connectivity index is 2.34. The quantitative estimate of drug-likeness (QED) is 0.763. The number of hydrogen-bond acceptors (Lipinski definition) is 4. The van der Waals surface area contributed by atoms with E-state index in [0.717, 1.165) is 18.4 Å². The van der Waals surface area contributed by atoms with Gasteiger partial charge < -0.3 is 9.47 Å². The van der Waals surface area contributed by atoms with Crippen LogP contribution in [0.3, 0.4) is 0 Å². The molecule has 0 spiro atoms. The van der Waals surface area contributed by atoms with E-state index in [9.17, 15) is 4.79 Å². The Kier molecular flexibility index (Phi) is 4.56. The molecule has 1 aliphatic rings. The summed E-state index contributed by atoms with van der Waals surface area (Å²) >= 11 is 0. The van der Waals surface area contributed by atoms with Gasteiger partial charge >= 0.3 is 5.97 Å². The molecule has 1 atom stereocenters. The highest BCUT2D eigenvalue weighted by molar-refractivity contribution is 5.83. The van der Waals surface area contributed by atoms with E-state index in [0.29, 0.717) is 12.6 Å². The first-order chi connectivity index (χ1) is 9.23. The van der Waals surface area contributed by atoms with E-state index in [1.807, 2.05) is 37.3 Å². The Morgan fingerprint density at radius 2 is 2.05 bits per heavy atom. The van der Waals surface area contributed by atoms with Gasteiger partial charge in [-0.2, -0.15) is 0 Å². The van der Waals surface area contributed by atoms with Crippen LogP contribution >= 0.6 is 0 Å². The zero-order valence-electron chi connectivity index (χ0n) is 11.5. The third kappa shape index (κ3) is 3.14. The summed E-state index contributed by atoms with van der Waals surface area (Å²) in [7, 11) is 1.42. The van der Waals surface area contributed by atoms with Crippen LogP contribution in [-0.4, -0.2) is 32.3 Å². The van der Waals surface area contributed by atoms with Crippen molar-refractivity contribution in [2.24, 2.45) is 0 Å². The second-order valence-corrected chi connectivity index (χ2v) is 4.82. The van der Waals surface area contributed by atoms with Gasteiger partial charge in [0.05, 0.1) is 13.7 Å². The maximum Gasteiger partial charge on any atom is 0.333 e. The highest BCUT2D eigenvalue weighted by atomic mass is 16.5. The summed E-state index contributed by atoms with van der Waals surface area (Å²) in [5.74, 6) is -0.293. The monoisotopic (exact) mass is 263 g/mol. The first kappa shape index (κ1) is 14.0. The molecule has 2 rings (SSSR count). The van der Waals surface area contributed by atoms with Crippen molar-refractivity contribution in [2.75, 3.05) is 20.3 Å². The number of carbonyl (C=O) groups is 1. The lowest BCUT2D eigenvalue weighted by molar-refractivity contribution is -0.152. The summed E-state index contributed by atoms with van der Waals surface area (Å²) in [5, 5.41) is 3.41. The maximum atomic E-state index is 12.3. The Hall–Kier alpha value is -1.39. The van der Waals surface area contributed by atoms with Crippen LogP contribution in [0.1, 0.15) is 25.3 Å². The van der Waals surface area contributed by atoms with Crippen molar-refractivity contribution in [2.45, 2.75) is 31.3 Å². The molecule has 0 bridgehead atoms. The third-order valence-electron chi connectivity index (χ3n) is 3.35. The molecule has 19 heavy (non-hydrogen) atoms. The third-order valence-corrected chi connectivity index (χ3v) is 3.35. The molecule has 1 saturated carbocycles. The first-order valence-electron chi connectivity index (χ1n) is 6.72. The molecular formula is C15H21NO3. The van der Waals surface area contributed by atoms with Crippen LogP contribution in [0.25, 0.3) is 0 Å². The molecule has 0 aliphatic heterocycles. The van der Waals surface area contributed by atoms with Gasteiger partial charge in [0.1, 0.15) is 0 Å². The van der Waals surface area contributed by atoms with Gasteiger partial charge in [-0.15, -0.1) is 0 Å². The van der Waals surface area contributed by atoms with E-state index in [4.69, 9.17) is 9.47 Å². The van der Waals surface area contributed by atoms with Crippen molar-refractivity contribution in [3.8, 4) is 0 Å². The first-order valence-corrected chi connectivity index (χ1v) is 6.72. The Morgan fingerprint density at radius 3 is 2.58 bits per heavy atom. The van der Waals surface area contributed by atoms with Gasteiger partial charge in [-0.3, -0.25) is 5.32 Å². The summed E-state index contributed by atoms with van der Waals surface area (Å²) in [6.45, 7) is 2.78. The van der Waals surface area contributed by atoms with Crippen LogP contribution in [-0.2, 0) is 19.8 Å². The molecule has 0 amide bonds. The molecule has 4 nitrogen and oxygen atoms in total. The average Bonchev–Trinajstić information content (AvgIpc) is 3.27. The number of hydrogen-bond donors (Lipinski definition) is 1. The molecule has 1 N–H and O–H groups in total. The molecule has 104 valence electrons. The molecule has 1 aromatic rings. The highest BCUT2D eigenvalue weighted by Crippen LogP contribution is 2.30. The Bertz CT molecular complexity index is 417. The fraction of sp³-hybridized carbons (Fsp3) is 0.533. The van der Waals surface area contributed by atoms with E-state index in [1.54, 1.807) is 0 Å². The SMILES string of the molecule is CCOCC(NC1CC1)(C(=O)OC)c1ccccc1. The van der Waals surface area contributed by atoms with Gasteiger partial charge in [-0.25, -0.2) is 4.79 Å². The summed E-state index contributed by atoms with van der Waals surface area (Å²) in [6.07, 6.45) is 2.19. The second kappa shape index (κ2) is 6.17. The zero-order valence-corrected chi connectivity index (χ0v) is 11.5. The Morgan fingerprint density at radius 1 is 1.37 bits per heavy atom. The number of rotatable bonds is 7. The second-order valence-electron chi connectivity index (χ2n) is 4.82. The van der Waals surface area contributed by atoms with Crippen LogP contribution in [0.2, 0.25) is 0 Å². The van der Waals surface area contributed by atoms with E-state index in [-0.39, 0.29) is 12.6 Å². The summed E-state index contributed by atoms with van der Waals surface area (Å²) < 4.78 is 10.6. The van der Waals surface area contributed by atoms with E-state index in [2.05, 4.69) is 5.32 Å². The fourth-order valence-electron chi connectivity index (χ4n) is 2.17. The van der Waals surface area contributed by atoms with Gasteiger partial charge in [0, 0.05) is 12.6 Å². The van der Waals surface area contributed by atoms with Crippen molar-refractivity contribution >= 4 is 5.97 Å². The van der Waals surface area contributed by atoms with E-state index >= 15 is 0 Å². The number of esters is 1. The molecule has 0 radical (unpaired) electrons. The molecule has 0 saturated heterocycles. The van der Waals surface area contributed by atoms with Crippen LogP contribution in [0.15, 0.2) is 30.3 Å².